The van der Waals surface area contributed by atoms with Gasteiger partial charge in [-0.1, -0.05) is 12.1 Å². The van der Waals surface area contributed by atoms with Crippen LogP contribution in [0.3, 0.4) is 0 Å². The molecule has 2 aromatic carbocycles. The Morgan fingerprint density at radius 1 is 1.15 bits per heavy atom. The first-order valence-corrected chi connectivity index (χ1v) is 10.7. The van der Waals surface area contributed by atoms with Crippen molar-refractivity contribution in [2.24, 2.45) is 5.73 Å². The Labute approximate surface area is 195 Å². The van der Waals surface area contributed by atoms with Gasteiger partial charge in [0.05, 0.1) is 12.1 Å². The van der Waals surface area contributed by atoms with E-state index in [1.807, 2.05) is 31.2 Å². The zero-order valence-electron chi connectivity index (χ0n) is 18.9. The second-order valence-electron chi connectivity index (χ2n) is 8.00. The number of aliphatic carboxylic acids is 1. The lowest BCUT2D eigenvalue weighted by Gasteiger charge is -2.13. The molecule has 0 aliphatic carbocycles. The van der Waals surface area contributed by atoms with Crippen LogP contribution < -0.4 is 10.5 Å². The van der Waals surface area contributed by atoms with E-state index >= 15 is 4.39 Å². The standard InChI is InChI=1S/C26H25FN2O5/c1-15-3-4-17(11-24(30)31)23(7-15)33-13-16-8-18-10-19(14-32-2)34-26(18)21(9-16)20-5-6-29-22(12-28)25(20)27/h3-10H,11-14,28H2,1-2H3,(H,30,31). The number of nitrogens with two attached hydrogens (primary N) is 1. The van der Waals surface area contributed by atoms with Crippen molar-refractivity contribution >= 4 is 16.9 Å². The highest BCUT2D eigenvalue weighted by Crippen LogP contribution is 2.35. The predicted molar refractivity (Wildman–Crippen MR) is 125 cm³/mol. The number of carboxylic acid groups (broad SMARTS) is 1. The fourth-order valence-corrected chi connectivity index (χ4v) is 3.87. The van der Waals surface area contributed by atoms with Gasteiger partial charge in [0.25, 0.3) is 0 Å². The Hall–Kier alpha value is -3.75. The number of halogens is 1. The van der Waals surface area contributed by atoms with E-state index in [-0.39, 0.29) is 31.9 Å². The molecule has 8 heteroatoms. The zero-order valence-corrected chi connectivity index (χ0v) is 18.9. The number of ether oxygens (including phenoxy) is 2. The molecule has 0 saturated heterocycles. The molecule has 4 aromatic rings. The average Bonchev–Trinajstić information content (AvgIpc) is 3.21. The third kappa shape index (κ3) is 4.93. The maximum Gasteiger partial charge on any atom is 0.307 e. The summed E-state index contributed by atoms with van der Waals surface area (Å²) in [7, 11) is 1.57. The number of fused-ring (bicyclic) bond motifs is 1. The number of rotatable bonds is 9. The second-order valence-corrected chi connectivity index (χ2v) is 8.00. The molecule has 0 saturated carbocycles. The number of hydrogen-bond donors (Lipinski definition) is 2. The molecule has 0 spiro atoms. The molecule has 3 N–H and O–H groups in total. The van der Waals surface area contributed by atoms with Crippen molar-refractivity contribution in [3.63, 3.8) is 0 Å². The first-order chi connectivity index (χ1) is 16.4. The topological polar surface area (TPSA) is 108 Å². The average molecular weight is 464 g/mol. The summed E-state index contributed by atoms with van der Waals surface area (Å²) in [6, 6.07) is 12.5. The minimum Gasteiger partial charge on any atom is -0.489 e. The summed E-state index contributed by atoms with van der Waals surface area (Å²) in [4.78, 5) is 15.3. The van der Waals surface area contributed by atoms with Crippen molar-refractivity contribution in [1.29, 1.82) is 0 Å². The lowest BCUT2D eigenvalue weighted by atomic mass is 10.00. The number of aromatic nitrogens is 1. The van der Waals surface area contributed by atoms with E-state index in [9.17, 15) is 9.90 Å². The number of aryl methyl sites for hydroxylation is 1. The van der Waals surface area contributed by atoms with E-state index in [4.69, 9.17) is 19.6 Å². The molecule has 0 aliphatic heterocycles. The van der Waals surface area contributed by atoms with Crippen LogP contribution in [0.2, 0.25) is 0 Å². The van der Waals surface area contributed by atoms with Gasteiger partial charge in [0, 0.05) is 41.9 Å². The van der Waals surface area contributed by atoms with E-state index in [1.165, 1.54) is 6.20 Å². The van der Waals surface area contributed by atoms with Crippen LogP contribution in [0.1, 0.15) is 28.1 Å². The quantitative estimate of drug-likeness (QED) is 0.368. The number of hydrogen-bond acceptors (Lipinski definition) is 6. The molecule has 34 heavy (non-hydrogen) atoms. The molecule has 2 aromatic heterocycles. The monoisotopic (exact) mass is 464 g/mol. The normalized spacial score (nSPS) is 11.2. The van der Waals surface area contributed by atoms with Gasteiger partial charge in [-0.25, -0.2) is 4.39 Å². The molecular formula is C26H25FN2O5. The summed E-state index contributed by atoms with van der Waals surface area (Å²) >= 11 is 0. The van der Waals surface area contributed by atoms with Crippen molar-refractivity contribution in [2.75, 3.05) is 7.11 Å². The van der Waals surface area contributed by atoms with Crippen LogP contribution in [0.15, 0.2) is 53.1 Å². The lowest BCUT2D eigenvalue weighted by molar-refractivity contribution is -0.136. The third-order valence-electron chi connectivity index (χ3n) is 5.42. The Balaban J connectivity index is 1.76. The molecular weight excluding hydrogens is 439 g/mol. The highest BCUT2D eigenvalue weighted by Gasteiger charge is 2.18. The summed E-state index contributed by atoms with van der Waals surface area (Å²) in [5.41, 5.74) is 9.50. The molecule has 0 radical (unpaired) electrons. The van der Waals surface area contributed by atoms with Crippen LogP contribution in [0.4, 0.5) is 4.39 Å². The largest absolute Gasteiger partial charge is 0.489 e. The Kier molecular flexibility index (Phi) is 6.90. The molecule has 176 valence electrons. The van der Waals surface area contributed by atoms with E-state index in [2.05, 4.69) is 4.98 Å². The highest BCUT2D eigenvalue weighted by molar-refractivity contribution is 5.93. The molecule has 0 aliphatic rings. The van der Waals surface area contributed by atoms with Gasteiger partial charge in [-0.3, -0.25) is 9.78 Å². The van der Waals surface area contributed by atoms with Crippen molar-refractivity contribution < 1.29 is 28.2 Å². The van der Waals surface area contributed by atoms with Gasteiger partial charge in [0.15, 0.2) is 5.82 Å². The van der Waals surface area contributed by atoms with E-state index < -0.39 is 11.8 Å². The van der Waals surface area contributed by atoms with Crippen LogP contribution in [-0.4, -0.2) is 23.2 Å². The highest BCUT2D eigenvalue weighted by atomic mass is 19.1. The van der Waals surface area contributed by atoms with Crippen molar-refractivity contribution in [2.45, 2.75) is 33.1 Å². The maximum absolute atomic E-state index is 15.1. The van der Waals surface area contributed by atoms with Gasteiger partial charge in [0.2, 0.25) is 0 Å². The number of nitrogens with zero attached hydrogens (tertiary/aromatic N) is 1. The molecule has 0 unspecified atom stereocenters. The first kappa shape index (κ1) is 23.4. The van der Waals surface area contributed by atoms with Crippen LogP contribution >= 0.6 is 0 Å². The van der Waals surface area contributed by atoms with E-state index in [0.717, 1.165) is 16.5 Å². The molecule has 0 fully saturated rings. The van der Waals surface area contributed by atoms with Crippen molar-refractivity contribution in [3.05, 3.63) is 82.6 Å². The van der Waals surface area contributed by atoms with Crippen LogP contribution in [-0.2, 0) is 35.7 Å². The summed E-state index contributed by atoms with van der Waals surface area (Å²) in [6.07, 6.45) is 1.37. The number of carbonyl (C=O) groups is 1. The van der Waals surface area contributed by atoms with E-state index in [1.54, 1.807) is 25.3 Å². The first-order valence-electron chi connectivity index (χ1n) is 10.7. The van der Waals surface area contributed by atoms with Gasteiger partial charge in [-0.2, -0.15) is 0 Å². The van der Waals surface area contributed by atoms with Gasteiger partial charge in [0.1, 0.15) is 30.3 Å². The molecule has 0 atom stereocenters. The Morgan fingerprint density at radius 3 is 2.71 bits per heavy atom. The molecule has 2 heterocycles. The minimum atomic E-state index is -0.939. The number of benzene rings is 2. The second kappa shape index (κ2) is 10.0. The van der Waals surface area contributed by atoms with Crippen molar-refractivity contribution in [3.8, 4) is 16.9 Å². The summed E-state index contributed by atoms with van der Waals surface area (Å²) in [6.45, 7) is 2.30. The summed E-state index contributed by atoms with van der Waals surface area (Å²) in [5, 5.41) is 9.98. The number of carboxylic acids is 1. The molecule has 7 nitrogen and oxygen atoms in total. The zero-order chi connectivity index (χ0) is 24.2. The predicted octanol–water partition coefficient (Wildman–Crippen LogP) is 4.75. The third-order valence-corrected chi connectivity index (χ3v) is 5.42. The van der Waals surface area contributed by atoms with Gasteiger partial charge >= 0.3 is 5.97 Å². The summed E-state index contributed by atoms with van der Waals surface area (Å²) < 4.78 is 32.3. The number of methoxy groups -OCH3 is 1. The fourth-order valence-electron chi connectivity index (χ4n) is 3.87. The number of pyridine rings is 1. The fraction of sp³-hybridized carbons (Fsp3) is 0.231. The van der Waals surface area contributed by atoms with Gasteiger partial charge in [-0.05, 0) is 48.4 Å². The van der Waals surface area contributed by atoms with Gasteiger partial charge < -0.3 is 24.7 Å². The minimum absolute atomic E-state index is 0.0294. The smallest absolute Gasteiger partial charge is 0.307 e. The van der Waals surface area contributed by atoms with E-state index in [0.29, 0.717) is 33.8 Å². The Morgan fingerprint density at radius 2 is 1.97 bits per heavy atom. The van der Waals surface area contributed by atoms with Crippen LogP contribution in [0.5, 0.6) is 5.75 Å². The maximum atomic E-state index is 15.1. The molecule has 0 bridgehead atoms. The SMILES string of the molecule is COCc1cc2cc(COc3cc(C)ccc3CC(=O)O)cc(-c3ccnc(CN)c3F)c2o1. The Bertz CT molecular complexity index is 1350. The van der Waals surface area contributed by atoms with Crippen molar-refractivity contribution in [1.82, 2.24) is 4.98 Å². The molecule has 4 rings (SSSR count). The van der Waals surface area contributed by atoms with Crippen LogP contribution in [0, 0.1) is 12.7 Å². The van der Waals surface area contributed by atoms with Gasteiger partial charge in [-0.15, -0.1) is 0 Å². The molecule has 0 amide bonds. The number of furan rings is 1. The summed E-state index contributed by atoms with van der Waals surface area (Å²) in [5.74, 6) is -0.341. The van der Waals surface area contributed by atoms with Crippen LogP contribution in [0.25, 0.3) is 22.1 Å². The lowest BCUT2D eigenvalue weighted by Crippen LogP contribution is -2.05.